The number of aliphatic hydroxyl groups is 1. The first-order valence-electron chi connectivity index (χ1n) is 13.3. The smallest absolute Gasteiger partial charge is 0.171 e. The van der Waals surface area contributed by atoms with E-state index in [4.69, 9.17) is 9.47 Å². The van der Waals surface area contributed by atoms with Crippen LogP contribution in [0.2, 0.25) is 0 Å². The zero-order chi connectivity index (χ0) is 20.9. The second-order valence-electron chi connectivity index (χ2n) is 13.1. The summed E-state index contributed by atoms with van der Waals surface area (Å²) in [5.41, 5.74) is 0.899. The molecule has 0 radical (unpaired) electrons. The van der Waals surface area contributed by atoms with Crippen molar-refractivity contribution in [1.29, 1.82) is 0 Å². The van der Waals surface area contributed by atoms with Gasteiger partial charge in [0.1, 0.15) is 0 Å². The number of ether oxygens (including phenoxy) is 2. The average Bonchev–Trinajstić information content (AvgIpc) is 3.16. The fourth-order valence-electron chi connectivity index (χ4n) is 10.3. The maximum absolute atomic E-state index is 10.3. The van der Waals surface area contributed by atoms with Crippen LogP contribution in [-0.4, -0.2) is 29.7 Å². The lowest BCUT2D eigenvalue weighted by molar-refractivity contribution is -0.273. The Bertz CT molecular complexity index is 684. The lowest BCUT2D eigenvalue weighted by Crippen LogP contribution is -2.55. The predicted octanol–water partition coefficient (Wildman–Crippen LogP) is 5.79. The van der Waals surface area contributed by atoms with Crippen LogP contribution >= 0.6 is 0 Å². The zero-order valence-electron chi connectivity index (χ0n) is 19.7. The van der Waals surface area contributed by atoms with Crippen molar-refractivity contribution in [2.75, 3.05) is 6.61 Å². The van der Waals surface area contributed by atoms with Gasteiger partial charge in [0.25, 0.3) is 0 Å². The molecule has 6 fully saturated rings. The number of rotatable bonds is 0. The molecule has 4 aliphatic carbocycles. The van der Waals surface area contributed by atoms with Crippen molar-refractivity contribution in [3.05, 3.63) is 0 Å². The van der Waals surface area contributed by atoms with Crippen molar-refractivity contribution in [2.45, 2.75) is 110 Å². The Labute approximate surface area is 183 Å². The highest BCUT2D eigenvalue weighted by atomic mass is 16.7. The molecule has 0 bridgehead atoms. The molecule has 0 aromatic rings. The van der Waals surface area contributed by atoms with Crippen LogP contribution in [0.15, 0.2) is 0 Å². The Kier molecular flexibility index (Phi) is 4.58. The van der Waals surface area contributed by atoms with E-state index in [1.54, 1.807) is 0 Å². The van der Waals surface area contributed by atoms with Crippen molar-refractivity contribution in [2.24, 2.45) is 52.3 Å². The third-order valence-corrected chi connectivity index (χ3v) is 11.9. The summed E-state index contributed by atoms with van der Waals surface area (Å²) in [4.78, 5) is 0. The molecule has 1 spiro atoms. The van der Waals surface area contributed by atoms with E-state index in [0.717, 1.165) is 49.5 Å². The van der Waals surface area contributed by atoms with Crippen molar-refractivity contribution < 1.29 is 14.6 Å². The number of hydrogen-bond donors (Lipinski definition) is 1. The fourth-order valence-corrected chi connectivity index (χ4v) is 10.3. The third kappa shape index (κ3) is 2.61. The van der Waals surface area contributed by atoms with Gasteiger partial charge < -0.3 is 14.6 Å². The second-order valence-corrected chi connectivity index (χ2v) is 13.1. The van der Waals surface area contributed by atoms with Gasteiger partial charge in [0, 0.05) is 12.3 Å². The van der Waals surface area contributed by atoms with Gasteiger partial charge in [-0.25, -0.2) is 0 Å². The van der Waals surface area contributed by atoms with Gasteiger partial charge in [-0.15, -0.1) is 0 Å². The first kappa shape index (κ1) is 20.5. The van der Waals surface area contributed by atoms with Gasteiger partial charge in [-0.05, 0) is 104 Å². The molecule has 1 N–H and O–H groups in total. The fraction of sp³-hybridized carbons (Fsp3) is 1.00. The summed E-state index contributed by atoms with van der Waals surface area (Å²) in [6, 6.07) is 0. The van der Waals surface area contributed by atoms with Crippen LogP contribution < -0.4 is 0 Å². The van der Waals surface area contributed by atoms with Gasteiger partial charge in [-0.1, -0.05) is 27.7 Å². The normalized spacial score (nSPS) is 62.5. The van der Waals surface area contributed by atoms with Crippen LogP contribution in [0.25, 0.3) is 0 Å². The first-order chi connectivity index (χ1) is 14.3. The summed E-state index contributed by atoms with van der Waals surface area (Å²) < 4.78 is 13.4. The van der Waals surface area contributed by atoms with Crippen molar-refractivity contribution in [1.82, 2.24) is 0 Å². The van der Waals surface area contributed by atoms with Gasteiger partial charge in [0.15, 0.2) is 5.79 Å². The van der Waals surface area contributed by atoms with Crippen LogP contribution in [0, 0.1) is 52.3 Å². The first-order valence-corrected chi connectivity index (χ1v) is 13.3. The maximum Gasteiger partial charge on any atom is 0.171 e. The Morgan fingerprint density at radius 1 is 0.833 bits per heavy atom. The lowest BCUT2D eigenvalue weighted by Gasteiger charge is -2.61. The van der Waals surface area contributed by atoms with E-state index < -0.39 is 0 Å². The summed E-state index contributed by atoms with van der Waals surface area (Å²) >= 11 is 0. The highest BCUT2D eigenvalue weighted by Gasteiger charge is 2.69. The van der Waals surface area contributed by atoms with E-state index in [1.807, 2.05) is 0 Å². The van der Waals surface area contributed by atoms with Gasteiger partial charge >= 0.3 is 0 Å². The second kappa shape index (κ2) is 6.70. The van der Waals surface area contributed by atoms with E-state index in [0.29, 0.717) is 34.7 Å². The third-order valence-electron chi connectivity index (χ3n) is 11.9. The minimum atomic E-state index is -0.282. The Hall–Kier alpha value is -0.120. The van der Waals surface area contributed by atoms with Crippen molar-refractivity contribution in [3.8, 4) is 0 Å². The molecule has 6 aliphatic rings. The van der Waals surface area contributed by atoms with E-state index in [1.165, 1.54) is 44.9 Å². The zero-order valence-corrected chi connectivity index (χ0v) is 19.7. The van der Waals surface area contributed by atoms with Crippen LogP contribution in [0.4, 0.5) is 0 Å². The Morgan fingerprint density at radius 2 is 1.63 bits per heavy atom. The summed E-state index contributed by atoms with van der Waals surface area (Å²) in [5.74, 6) is 4.93. The van der Waals surface area contributed by atoms with E-state index in [9.17, 15) is 5.11 Å². The molecule has 0 aromatic heterocycles. The van der Waals surface area contributed by atoms with Crippen molar-refractivity contribution >= 4 is 0 Å². The van der Waals surface area contributed by atoms with Crippen LogP contribution in [-0.2, 0) is 9.47 Å². The Balaban J connectivity index is 1.26. The molecule has 0 aromatic carbocycles. The minimum Gasteiger partial charge on any atom is -0.393 e. The summed E-state index contributed by atoms with van der Waals surface area (Å²) in [5, 5.41) is 10.3. The van der Waals surface area contributed by atoms with E-state index in [-0.39, 0.29) is 11.9 Å². The molecule has 3 nitrogen and oxygen atoms in total. The summed E-state index contributed by atoms with van der Waals surface area (Å²) in [6.07, 6.45) is 12.9. The van der Waals surface area contributed by atoms with Gasteiger partial charge in [0.2, 0.25) is 0 Å². The minimum absolute atomic E-state index is 0.0389. The quantitative estimate of drug-likeness (QED) is 0.543. The SMILES string of the molecule is C[C@@H]1CC[C@@]2(OC1)O[C@H]1C[C@H]3[C@@H]4CC[C@H]5C[C@@H](O)CC[C@]5(C)[C@H]4CC[C@]3(C)[C@@H]1[C@@H]2C. The number of hydrogen-bond acceptors (Lipinski definition) is 3. The predicted molar refractivity (Wildman–Crippen MR) is 118 cm³/mol. The Morgan fingerprint density at radius 3 is 2.40 bits per heavy atom. The molecule has 3 heteroatoms. The molecule has 6 rings (SSSR count). The van der Waals surface area contributed by atoms with Gasteiger partial charge in [0.05, 0.1) is 18.8 Å². The molecular formula is C27H44O3. The molecule has 0 amide bonds. The molecule has 2 saturated heterocycles. The lowest BCUT2D eigenvalue weighted by atomic mass is 9.44. The molecule has 2 heterocycles. The van der Waals surface area contributed by atoms with Gasteiger partial charge in [-0.2, -0.15) is 0 Å². The molecular weight excluding hydrogens is 372 g/mol. The van der Waals surface area contributed by atoms with E-state index >= 15 is 0 Å². The topological polar surface area (TPSA) is 38.7 Å². The summed E-state index contributed by atoms with van der Waals surface area (Å²) in [6.45, 7) is 10.9. The van der Waals surface area contributed by atoms with E-state index in [2.05, 4.69) is 27.7 Å². The molecule has 0 unspecified atom stereocenters. The van der Waals surface area contributed by atoms with Crippen LogP contribution in [0.3, 0.4) is 0 Å². The molecule has 170 valence electrons. The standard InChI is InChI=1S/C27H44O3/c1-16-7-12-27(29-15-16)17(2)24-23(30-27)14-22-20-6-5-18-13-19(28)8-10-25(18,3)21(20)9-11-26(22,24)4/h16-24,28H,5-15H2,1-4H3/t16-,17+,18+,19+,20-,21+,22+,23+,24-,25+,26+,27-/m1/s1. The number of aliphatic hydroxyl groups excluding tert-OH is 1. The molecule has 2 aliphatic heterocycles. The largest absolute Gasteiger partial charge is 0.393 e. The average molecular weight is 417 g/mol. The van der Waals surface area contributed by atoms with Crippen LogP contribution in [0.5, 0.6) is 0 Å². The molecule has 12 atom stereocenters. The molecule has 30 heavy (non-hydrogen) atoms. The highest BCUT2D eigenvalue weighted by molar-refractivity contribution is 5.15. The summed E-state index contributed by atoms with van der Waals surface area (Å²) in [7, 11) is 0. The molecule has 4 saturated carbocycles. The number of fused-ring (bicyclic) bond motifs is 7. The van der Waals surface area contributed by atoms with Gasteiger partial charge in [-0.3, -0.25) is 0 Å². The van der Waals surface area contributed by atoms with Crippen LogP contribution in [0.1, 0.15) is 91.9 Å². The monoisotopic (exact) mass is 416 g/mol. The van der Waals surface area contributed by atoms with Crippen molar-refractivity contribution in [3.63, 3.8) is 0 Å². The maximum atomic E-state index is 10.3. The highest BCUT2D eigenvalue weighted by Crippen LogP contribution is 2.71.